The zero-order chi connectivity index (χ0) is 31.4. The van der Waals surface area contributed by atoms with Gasteiger partial charge in [-0.05, 0) is 49.1 Å². The minimum atomic E-state index is -3.27. The van der Waals surface area contributed by atoms with E-state index in [9.17, 15) is 31.6 Å². The summed E-state index contributed by atoms with van der Waals surface area (Å²) in [7, 11) is -0.212. The van der Waals surface area contributed by atoms with Crippen LogP contribution in [0.25, 0.3) is 33.3 Å². The second-order valence-corrected chi connectivity index (χ2v) is 13.4. The van der Waals surface area contributed by atoms with Gasteiger partial charge >= 0.3 is 6.61 Å². The van der Waals surface area contributed by atoms with Crippen molar-refractivity contribution in [1.82, 2.24) is 24.9 Å². The van der Waals surface area contributed by atoms with Crippen LogP contribution >= 0.6 is 0 Å². The number of nitriles is 1. The van der Waals surface area contributed by atoms with E-state index in [4.69, 9.17) is 9.47 Å². The van der Waals surface area contributed by atoms with Crippen LogP contribution in [0.2, 0.25) is 0 Å². The van der Waals surface area contributed by atoms with Crippen molar-refractivity contribution < 1.29 is 35.9 Å². The van der Waals surface area contributed by atoms with Gasteiger partial charge in [0.25, 0.3) is 5.91 Å². The number of nitrogens with one attached hydrogen (secondary N) is 1. The Morgan fingerprint density at radius 3 is 2.57 bits per heavy atom. The number of carbonyl (C=O) groups is 1. The highest BCUT2D eigenvalue weighted by molar-refractivity contribution is 7.93. The normalized spacial score (nSPS) is 18.1. The van der Waals surface area contributed by atoms with Crippen molar-refractivity contribution in [3.05, 3.63) is 47.8 Å². The lowest BCUT2D eigenvalue weighted by Gasteiger charge is -2.25. The van der Waals surface area contributed by atoms with Gasteiger partial charge in [-0.15, -0.1) is 0 Å². The number of aromatic nitrogens is 4. The maximum atomic E-state index is 14.2. The van der Waals surface area contributed by atoms with Crippen LogP contribution in [-0.2, 0) is 23.4 Å². The second kappa shape index (κ2) is 10.8. The molecule has 6 rings (SSSR count). The standard InChI is InChI=1S/C29H27F3N6O5S/c1-37-26(17-9-22(42-2)25(23(10-17)43-28(30)31)27(39)34-15-29(32)4-5-29)24-18(11-33)7-16(8-21(24)36-37)19-12-35-38(13-19)14-20-3-6-44(20,40)41/h7-10,12-13,20,28H,3-6,14-15H2,1-2H3,(H,34,39). The Kier molecular flexibility index (Phi) is 7.27. The van der Waals surface area contributed by atoms with Crippen molar-refractivity contribution in [1.29, 1.82) is 5.26 Å². The molecule has 1 N–H and O–H groups in total. The zero-order valence-corrected chi connectivity index (χ0v) is 24.5. The molecular formula is C29H27F3N6O5S. The fraction of sp³-hybridized carbons (Fsp3) is 0.379. The van der Waals surface area contributed by atoms with Gasteiger partial charge in [-0.2, -0.15) is 24.2 Å². The molecule has 2 aliphatic rings. The van der Waals surface area contributed by atoms with Gasteiger partial charge < -0.3 is 14.8 Å². The second-order valence-electron chi connectivity index (χ2n) is 11.0. The molecule has 1 saturated carbocycles. The predicted octanol–water partition coefficient (Wildman–Crippen LogP) is 4.00. The van der Waals surface area contributed by atoms with Gasteiger partial charge in [-0.25, -0.2) is 12.8 Å². The number of alkyl halides is 3. The Labute approximate surface area is 250 Å². The number of methoxy groups -OCH3 is 1. The van der Waals surface area contributed by atoms with E-state index >= 15 is 0 Å². The number of nitrogens with zero attached hydrogens (tertiary/aromatic N) is 5. The van der Waals surface area contributed by atoms with Crippen molar-refractivity contribution in [3.63, 3.8) is 0 Å². The molecule has 4 aromatic rings. The molecule has 0 spiro atoms. The molecule has 11 nitrogen and oxygen atoms in total. The fourth-order valence-corrected chi connectivity index (χ4v) is 6.69. The van der Waals surface area contributed by atoms with Crippen LogP contribution in [0.15, 0.2) is 36.7 Å². The lowest BCUT2D eigenvalue weighted by Crippen LogP contribution is -2.39. The van der Waals surface area contributed by atoms with Crippen LogP contribution in [0, 0.1) is 11.3 Å². The number of hydrogen-bond donors (Lipinski definition) is 1. The third kappa shape index (κ3) is 5.45. The summed E-state index contributed by atoms with van der Waals surface area (Å²) >= 11 is 0. The largest absolute Gasteiger partial charge is 0.496 e. The molecular weight excluding hydrogens is 601 g/mol. The molecule has 1 unspecified atom stereocenters. The van der Waals surface area contributed by atoms with E-state index in [2.05, 4.69) is 21.6 Å². The fourth-order valence-electron chi connectivity index (χ4n) is 5.36. The van der Waals surface area contributed by atoms with Gasteiger partial charge in [-0.1, -0.05) is 0 Å². The van der Waals surface area contributed by atoms with Gasteiger partial charge in [0.1, 0.15) is 22.7 Å². The van der Waals surface area contributed by atoms with Crippen molar-refractivity contribution >= 4 is 26.6 Å². The summed E-state index contributed by atoms with van der Waals surface area (Å²) in [5, 5.41) is 21.3. The van der Waals surface area contributed by atoms with E-state index < -0.39 is 39.0 Å². The Bertz CT molecular complexity index is 1940. The molecule has 0 bridgehead atoms. The number of hydrogen-bond acceptors (Lipinski definition) is 8. The summed E-state index contributed by atoms with van der Waals surface area (Å²) in [5.74, 6) is -1.24. The third-order valence-corrected chi connectivity index (χ3v) is 10.2. The molecule has 2 aromatic carbocycles. The van der Waals surface area contributed by atoms with Crippen molar-refractivity contribution in [2.75, 3.05) is 19.4 Å². The Hall–Kier alpha value is -4.58. The van der Waals surface area contributed by atoms with Crippen LogP contribution in [0.4, 0.5) is 13.2 Å². The number of amides is 1. The van der Waals surface area contributed by atoms with Gasteiger partial charge in [0, 0.05) is 29.8 Å². The highest BCUT2D eigenvalue weighted by Gasteiger charge is 2.43. The zero-order valence-electron chi connectivity index (χ0n) is 23.7. The first-order valence-electron chi connectivity index (χ1n) is 13.7. The maximum absolute atomic E-state index is 14.2. The van der Waals surface area contributed by atoms with E-state index in [0.29, 0.717) is 47.0 Å². The number of ether oxygens (including phenoxy) is 2. The smallest absolute Gasteiger partial charge is 0.387 e. The minimum Gasteiger partial charge on any atom is -0.496 e. The molecule has 2 fully saturated rings. The molecule has 1 aliphatic carbocycles. The van der Waals surface area contributed by atoms with E-state index in [1.54, 1.807) is 36.3 Å². The number of benzene rings is 2. The first-order valence-corrected chi connectivity index (χ1v) is 15.4. The third-order valence-electron chi connectivity index (χ3n) is 8.01. The molecule has 1 saturated heterocycles. The number of halogens is 3. The minimum absolute atomic E-state index is 0.0928. The number of aryl methyl sites for hydroxylation is 1. The monoisotopic (exact) mass is 628 g/mol. The number of fused-ring (bicyclic) bond motifs is 1. The average Bonchev–Trinajstić information content (AvgIpc) is 3.37. The quantitative estimate of drug-likeness (QED) is 0.278. The van der Waals surface area contributed by atoms with Crippen LogP contribution in [0.1, 0.15) is 35.2 Å². The highest BCUT2D eigenvalue weighted by atomic mass is 32.2. The van der Waals surface area contributed by atoms with Crippen molar-refractivity contribution in [2.45, 2.75) is 43.3 Å². The molecule has 1 aliphatic heterocycles. The molecule has 15 heteroatoms. The molecule has 1 atom stereocenters. The Balaban J connectivity index is 1.40. The van der Waals surface area contributed by atoms with E-state index in [0.717, 1.165) is 0 Å². The lowest BCUT2D eigenvalue weighted by atomic mass is 9.97. The summed E-state index contributed by atoms with van der Waals surface area (Å²) in [5.41, 5.74) is 0.739. The summed E-state index contributed by atoms with van der Waals surface area (Å²) in [6, 6.07) is 8.22. The van der Waals surface area contributed by atoms with Gasteiger partial charge in [0.2, 0.25) is 0 Å². The molecule has 0 radical (unpaired) electrons. The molecule has 2 aromatic heterocycles. The number of sulfone groups is 1. The lowest BCUT2D eigenvalue weighted by molar-refractivity contribution is -0.0502. The summed E-state index contributed by atoms with van der Waals surface area (Å²) in [6.45, 7) is -3.32. The van der Waals surface area contributed by atoms with Crippen molar-refractivity contribution in [2.24, 2.45) is 7.05 Å². The number of rotatable bonds is 10. The predicted molar refractivity (Wildman–Crippen MR) is 153 cm³/mol. The Morgan fingerprint density at radius 2 is 1.95 bits per heavy atom. The van der Waals surface area contributed by atoms with Crippen LogP contribution in [0.3, 0.4) is 0 Å². The van der Waals surface area contributed by atoms with Gasteiger partial charge in [0.05, 0.1) is 60.2 Å². The summed E-state index contributed by atoms with van der Waals surface area (Å²) in [4.78, 5) is 13.0. The SMILES string of the molecule is COc1cc(-c2c3c(C#N)cc(-c4cnn(CC5CCS5(=O)=O)c4)cc3nn2C)cc(OC(F)F)c1C(=O)NCC1(F)CC1. The van der Waals surface area contributed by atoms with Crippen molar-refractivity contribution in [3.8, 4) is 40.0 Å². The van der Waals surface area contributed by atoms with Crippen LogP contribution < -0.4 is 14.8 Å². The summed E-state index contributed by atoms with van der Waals surface area (Å²) < 4.78 is 78.2. The molecule has 1 amide bonds. The maximum Gasteiger partial charge on any atom is 0.387 e. The van der Waals surface area contributed by atoms with E-state index in [1.807, 2.05) is 0 Å². The Morgan fingerprint density at radius 1 is 1.20 bits per heavy atom. The van der Waals surface area contributed by atoms with Gasteiger partial charge in [-0.3, -0.25) is 14.2 Å². The van der Waals surface area contributed by atoms with Crippen LogP contribution in [-0.4, -0.2) is 70.8 Å². The van der Waals surface area contributed by atoms with E-state index in [-0.39, 0.29) is 41.3 Å². The first kappa shape index (κ1) is 29.5. The first-order chi connectivity index (χ1) is 20.9. The summed E-state index contributed by atoms with van der Waals surface area (Å²) in [6.07, 6.45) is 4.46. The average molecular weight is 629 g/mol. The van der Waals surface area contributed by atoms with Crippen LogP contribution in [0.5, 0.6) is 11.5 Å². The molecule has 44 heavy (non-hydrogen) atoms. The topological polar surface area (TPSA) is 141 Å². The number of carbonyl (C=O) groups excluding carboxylic acids is 1. The molecule has 230 valence electrons. The van der Waals surface area contributed by atoms with Gasteiger partial charge in [0.15, 0.2) is 9.84 Å². The highest BCUT2D eigenvalue weighted by Crippen LogP contribution is 2.41. The molecule has 3 heterocycles. The van der Waals surface area contributed by atoms with E-state index in [1.165, 1.54) is 23.9 Å².